The number of rotatable bonds is 5. The van der Waals surface area contributed by atoms with Crippen LogP contribution in [0, 0.1) is 0 Å². The number of hydrogen-bond acceptors (Lipinski definition) is 6. The Morgan fingerprint density at radius 3 is 2.95 bits per heavy atom. The SMILES string of the molecule is COc1cc(CNc2cc(N)nc(C3CC3)n2)ccn1. The number of aromatic nitrogens is 3. The minimum absolute atomic E-state index is 0.486. The van der Waals surface area contributed by atoms with Crippen molar-refractivity contribution in [2.45, 2.75) is 25.3 Å². The lowest BCUT2D eigenvalue weighted by atomic mass is 10.2. The van der Waals surface area contributed by atoms with Gasteiger partial charge in [0.25, 0.3) is 0 Å². The molecule has 0 aliphatic heterocycles. The Hall–Kier alpha value is -2.37. The molecule has 0 spiro atoms. The molecule has 0 amide bonds. The van der Waals surface area contributed by atoms with E-state index in [1.165, 1.54) is 0 Å². The van der Waals surface area contributed by atoms with E-state index < -0.39 is 0 Å². The maximum absolute atomic E-state index is 5.82. The monoisotopic (exact) mass is 271 g/mol. The van der Waals surface area contributed by atoms with E-state index in [2.05, 4.69) is 20.3 Å². The Labute approximate surface area is 117 Å². The molecule has 2 aromatic rings. The first kappa shape index (κ1) is 12.7. The van der Waals surface area contributed by atoms with Gasteiger partial charge in [0.2, 0.25) is 5.88 Å². The van der Waals surface area contributed by atoms with Crippen molar-refractivity contribution in [2.24, 2.45) is 0 Å². The highest BCUT2D eigenvalue weighted by Crippen LogP contribution is 2.38. The largest absolute Gasteiger partial charge is 0.481 e. The number of ether oxygens (including phenoxy) is 1. The number of nitrogen functional groups attached to an aromatic ring is 1. The standard InChI is InChI=1S/C14H17N5O/c1-20-13-6-9(4-5-16-13)8-17-12-7-11(15)18-14(19-12)10-2-3-10/h4-7,10H,2-3,8H2,1H3,(H3,15,17,18,19). The third-order valence-electron chi connectivity index (χ3n) is 3.19. The third-order valence-corrected chi connectivity index (χ3v) is 3.19. The van der Waals surface area contributed by atoms with E-state index in [4.69, 9.17) is 10.5 Å². The summed E-state index contributed by atoms with van der Waals surface area (Å²) in [6.07, 6.45) is 4.04. The second-order valence-corrected chi connectivity index (χ2v) is 4.87. The molecular formula is C14H17N5O. The molecule has 1 saturated carbocycles. The normalized spacial score (nSPS) is 14.1. The van der Waals surface area contributed by atoms with Gasteiger partial charge in [-0.15, -0.1) is 0 Å². The minimum atomic E-state index is 0.486. The van der Waals surface area contributed by atoms with Crippen LogP contribution >= 0.6 is 0 Å². The van der Waals surface area contributed by atoms with Gasteiger partial charge in [-0.25, -0.2) is 15.0 Å². The van der Waals surface area contributed by atoms with Gasteiger partial charge in [-0.05, 0) is 24.5 Å². The summed E-state index contributed by atoms with van der Waals surface area (Å²) in [6, 6.07) is 5.57. The Kier molecular flexibility index (Phi) is 3.37. The number of anilines is 2. The average Bonchev–Trinajstić information content (AvgIpc) is 3.29. The second-order valence-electron chi connectivity index (χ2n) is 4.87. The van der Waals surface area contributed by atoms with Crippen LogP contribution in [0.4, 0.5) is 11.6 Å². The predicted octanol–water partition coefficient (Wildman–Crippen LogP) is 1.95. The summed E-state index contributed by atoms with van der Waals surface area (Å²) in [5, 5.41) is 3.26. The Bertz CT molecular complexity index is 612. The van der Waals surface area contributed by atoms with Crippen LogP contribution in [0.5, 0.6) is 5.88 Å². The van der Waals surface area contributed by atoms with Crippen LogP contribution in [-0.4, -0.2) is 22.1 Å². The Morgan fingerprint density at radius 2 is 2.20 bits per heavy atom. The van der Waals surface area contributed by atoms with Crippen molar-refractivity contribution in [1.82, 2.24) is 15.0 Å². The van der Waals surface area contributed by atoms with Crippen LogP contribution in [-0.2, 0) is 6.54 Å². The van der Waals surface area contributed by atoms with Gasteiger partial charge >= 0.3 is 0 Å². The average molecular weight is 271 g/mol. The summed E-state index contributed by atoms with van der Waals surface area (Å²) in [7, 11) is 1.60. The van der Waals surface area contributed by atoms with Crippen molar-refractivity contribution in [3.05, 3.63) is 35.8 Å². The summed E-state index contributed by atoms with van der Waals surface area (Å²) in [5.41, 5.74) is 6.89. The molecule has 6 heteroatoms. The van der Waals surface area contributed by atoms with Gasteiger partial charge in [0.1, 0.15) is 17.5 Å². The molecule has 1 aliphatic rings. The second kappa shape index (κ2) is 5.32. The van der Waals surface area contributed by atoms with Gasteiger partial charge in [0.05, 0.1) is 7.11 Å². The zero-order valence-corrected chi connectivity index (χ0v) is 11.3. The maximum atomic E-state index is 5.82. The Balaban J connectivity index is 1.71. The molecule has 0 unspecified atom stereocenters. The van der Waals surface area contributed by atoms with Crippen molar-refractivity contribution < 1.29 is 4.74 Å². The highest BCUT2D eigenvalue weighted by molar-refractivity contribution is 5.45. The first-order chi connectivity index (χ1) is 9.74. The molecule has 104 valence electrons. The van der Waals surface area contributed by atoms with Crippen molar-refractivity contribution in [2.75, 3.05) is 18.2 Å². The molecule has 2 heterocycles. The lowest BCUT2D eigenvalue weighted by Gasteiger charge is -2.08. The molecular weight excluding hydrogens is 254 g/mol. The highest BCUT2D eigenvalue weighted by atomic mass is 16.5. The highest BCUT2D eigenvalue weighted by Gasteiger charge is 2.27. The fourth-order valence-electron chi connectivity index (χ4n) is 1.96. The number of hydrogen-bond donors (Lipinski definition) is 2. The zero-order chi connectivity index (χ0) is 13.9. The molecule has 3 rings (SSSR count). The molecule has 3 N–H and O–H groups in total. The van der Waals surface area contributed by atoms with Crippen LogP contribution in [0.1, 0.15) is 30.1 Å². The smallest absolute Gasteiger partial charge is 0.213 e. The number of pyridine rings is 1. The number of methoxy groups -OCH3 is 1. The molecule has 0 radical (unpaired) electrons. The maximum Gasteiger partial charge on any atom is 0.213 e. The van der Waals surface area contributed by atoms with Crippen molar-refractivity contribution >= 4 is 11.6 Å². The topological polar surface area (TPSA) is 86.0 Å². The lowest BCUT2D eigenvalue weighted by Crippen LogP contribution is -2.06. The quantitative estimate of drug-likeness (QED) is 0.864. The third kappa shape index (κ3) is 2.96. The molecule has 20 heavy (non-hydrogen) atoms. The van der Waals surface area contributed by atoms with Gasteiger partial charge in [-0.3, -0.25) is 0 Å². The molecule has 1 aliphatic carbocycles. The van der Waals surface area contributed by atoms with Crippen LogP contribution < -0.4 is 15.8 Å². The van der Waals surface area contributed by atoms with E-state index in [-0.39, 0.29) is 0 Å². The molecule has 0 bridgehead atoms. The van der Waals surface area contributed by atoms with E-state index in [9.17, 15) is 0 Å². The van der Waals surface area contributed by atoms with E-state index in [0.717, 1.165) is 30.0 Å². The van der Waals surface area contributed by atoms with E-state index >= 15 is 0 Å². The zero-order valence-electron chi connectivity index (χ0n) is 11.3. The first-order valence-corrected chi connectivity index (χ1v) is 6.62. The summed E-state index contributed by atoms with van der Waals surface area (Å²) in [5.74, 6) is 3.21. The van der Waals surface area contributed by atoms with Crippen molar-refractivity contribution in [3.8, 4) is 5.88 Å². The van der Waals surface area contributed by atoms with Crippen LogP contribution in [0.15, 0.2) is 24.4 Å². The molecule has 2 aromatic heterocycles. The van der Waals surface area contributed by atoms with E-state index in [1.54, 1.807) is 19.4 Å². The van der Waals surface area contributed by atoms with Crippen molar-refractivity contribution in [1.29, 1.82) is 0 Å². The van der Waals surface area contributed by atoms with E-state index in [0.29, 0.717) is 24.2 Å². The first-order valence-electron chi connectivity index (χ1n) is 6.62. The summed E-state index contributed by atoms with van der Waals surface area (Å²) in [6.45, 7) is 0.638. The fraction of sp³-hybridized carbons (Fsp3) is 0.357. The molecule has 6 nitrogen and oxygen atoms in total. The number of nitrogens with two attached hydrogens (primary N) is 1. The van der Waals surface area contributed by atoms with Gasteiger partial charge in [0, 0.05) is 30.8 Å². The van der Waals surface area contributed by atoms with Crippen LogP contribution in [0.2, 0.25) is 0 Å². The number of nitrogens with zero attached hydrogens (tertiary/aromatic N) is 3. The van der Waals surface area contributed by atoms with Crippen LogP contribution in [0.3, 0.4) is 0 Å². The molecule has 1 fully saturated rings. The summed E-state index contributed by atoms with van der Waals surface area (Å²) >= 11 is 0. The minimum Gasteiger partial charge on any atom is -0.481 e. The fourth-order valence-corrected chi connectivity index (χ4v) is 1.96. The molecule has 0 saturated heterocycles. The number of nitrogens with one attached hydrogen (secondary N) is 1. The van der Waals surface area contributed by atoms with Gasteiger partial charge in [-0.2, -0.15) is 0 Å². The van der Waals surface area contributed by atoms with Crippen LogP contribution in [0.25, 0.3) is 0 Å². The van der Waals surface area contributed by atoms with Gasteiger partial charge < -0.3 is 15.8 Å². The molecule has 0 atom stereocenters. The molecule has 0 aromatic carbocycles. The predicted molar refractivity (Wildman–Crippen MR) is 76.5 cm³/mol. The van der Waals surface area contributed by atoms with Gasteiger partial charge in [-0.1, -0.05) is 0 Å². The Morgan fingerprint density at radius 1 is 1.35 bits per heavy atom. The lowest BCUT2D eigenvalue weighted by molar-refractivity contribution is 0.397. The van der Waals surface area contributed by atoms with Crippen molar-refractivity contribution in [3.63, 3.8) is 0 Å². The van der Waals surface area contributed by atoms with E-state index in [1.807, 2.05) is 12.1 Å². The summed E-state index contributed by atoms with van der Waals surface area (Å²) < 4.78 is 5.10. The summed E-state index contributed by atoms with van der Waals surface area (Å²) in [4.78, 5) is 12.9. The van der Waals surface area contributed by atoms with Gasteiger partial charge in [0.15, 0.2) is 0 Å².